The van der Waals surface area contributed by atoms with Crippen molar-refractivity contribution >= 4 is 35.8 Å². The molecule has 1 unspecified atom stereocenters. The summed E-state index contributed by atoms with van der Waals surface area (Å²) in [6.07, 6.45) is 5.64. The van der Waals surface area contributed by atoms with Crippen molar-refractivity contribution in [2.45, 2.75) is 26.3 Å². The van der Waals surface area contributed by atoms with E-state index in [1.54, 1.807) is 19.0 Å². The van der Waals surface area contributed by atoms with Crippen molar-refractivity contribution in [3.05, 3.63) is 12.2 Å². The highest BCUT2D eigenvalue weighted by atomic mass is 127. The standard InChI is InChI=1S/C17H31N5O.HI/c1-14(2)11-18-17(19-12-16(23)20(3)4)22-10-7-15(13-22)21-8-5-6-9-21;/h5-6,14-15H,7-13H2,1-4H3,(H,18,19);1H. The quantitative estimate of drug-likeness (QED) is 0.297. The van der Waals surface area contributed by atoms with Crippen molar-refractivity contribution in [1.82, 2.24) is 20.0 Å². The third-order valence-corrected chi connectivity index (χ3v) is 4.36. The van der Waals surface area contributed by atoms with Gasteiger partial charge < -0.3 is 15.1 Å². The summed E-state index contributed by atoms with van der Waals surface area (Å²) in [6, 6.07) is 0.584. The van der Waals surface area contributed by atoms with E-state index in [2.05, 4.69) is 46.1 Å². The number of likely N-dealkylation sites (tertiary alicyclic amines) is 1. The Kier molecular flexibility index (Phi) is 9.04. The molecule has 0 saturated carbocycles. The van der Waals surface area contributed by atoms with Crippen molar-refractivity contribution in [2.75, 3.05) is 53.4 Å². The predicted molar refractivity (Wildman–Crippen MR) is 110 cm³/mol. The number of halogens is 1. The van der Waals surface area contributed by atoms with Gasteiger partial charge in [-0.2, -0.15) is 0 Å². The number of amides is 1. The van der Waals surface area contributed by atoms with Crippen LogP contribution in [0.3, 0.4) is 0 Å². The Bertz CT molecular complexity index is 456. The number of nitrogens with one attached hydrogen (secondary N) is 1. The fraction of sp³-hybridized carbons (Fsp3) is 0.765. The van der Waals surface area contributed by atoms with E-state index in [9.17, 15) is 4.79 Å². The maximum absolute atomic E-state index is 11.8. The smallest absolute Gasteiger partial charge is 0.243 e. The Morgan fingerprint density at radius 3 is 2.58 bits per heavy atom. The highest BCUT2D eigenvalue weighted by Gasteiger charge is 2.29. The number of guanidine groups is 1. The molecule has 2 aliphatic rings. The molecule has 2 aliphatic heterocycles. The second-order valence-corrected chi connectivity index (χ2v) is 7.02. The van der Waals surface area contributed by atoms with Gasteiger partial charge in [0, 0.05) is 52.9 Å². The number of carbonyl (C=O) groups excluding carboxylic acids is 1. The van der Waals surface area contributed by atoms with Crippen LogP contribution < -0.4 is 5.32 Å². The Hall–Kier alpha value is -0.830. The Morgan fingerprint density at radius 1 is 1.33 bits per heavy atom. The van der Waals surface area contributed by atoms with Crippen molar-refractivity contribution in [2.24, 2.45) is 10.9 Å². The highest BCUT2D eigenvalue weighted by molar-refractivity contribution is 14.0. The second kappa shape index (κ2) is 10.2. The molecular weight excluding hydrogens is 417 g/mol. The molecule has 0 aromatic rings. The molecule has 2 heterocycles. The first-order valence-corrected chi connectivity index (χ1v) is 8.60. The minimum atomic E-state index is 0. The average molecular weight is 449 g/mol. The number of carbonyl (C=O) groups is 1. The van der Waals surface area contributed by atoms with Gasteiger partial charge in [-0.15, -0.1) is 24.0 Å². The predicted octanol–water partition coefficient (Wildman–Crippen LogP) is 1.24. The van der Waals surface area contributed by atoms with Crippen LogP contribution in [0.25, 0.3) is 0 Å². The molecular formula is C17H32IN5O. The van der Waals surface area contributed by atoms with Gasteiger partial charge in [-0.25, -0.2) is 4.99 Å². The van der Waals surface area contributed by atoms with Gasteiger partial charge in [-0.05, 0) is 12.3 Å². The molecule has 1 atom stereocenters. The van der Waals surface area contributed by atoms with Crippen LogP contribution in [-0.2, 0) is 4.79 Å². The first-order chi connectivity index (χ1) is 11.0. The fourth-order valence-corrected chi connectivity index (χ4v) is 2.87. The van der Waals surface area contributed by atoms with E-state index < -0.39 is 0 Å². The average Bonchev–Trinajstić information content (AvgIpc) is 3.17. The largest absolute Gasteiger partial charge is 0.356 e. The molecule has 1 fully saturated rings. The molecule has 1 N–H and O–H groups in total. The maximum Gasteiger partial charge on any atom is 0.243 e. The zero-order chi connectivity index (χ0) is 16.8. The lowest BCUT2D eigenvalue weighted by Gasteiger charge is -2.26. The first kappa shape index (κ1) is 21.2. The van der Waals surface area contributed by atoms with Crippen molar-refractivity contribution in [1.29, 1.82) is 0 Å². The van der Waals surface area contributed by atoms with E-state index in [1.165, 1.54) is 0 Å². The topological polar surface area (TPSA) is 51.2 Å². The highest BCUT2D eigenvalue weighted by Crippen LogP contribution is 2.18. The molecule has 1 amide bonds. The van der Waals surface area contributed by atoms with Gasteiger partial charge in [0.05, 0.1) is 0 Å². The fourth-order valence-electron chi connectivity index (χ4n) is 2.87. The lowest BCUT2D eigenvalue weighted by Crippen LogP contribution is -2.44. The van der Waals surface area contributed by atoms with Crippen LogP contribution in [0.2, 0.25) is 0 Å². The summed E-state index contributed by atoms with van der Waals surface area (Å²) in [4.78, 5) is 22.8. The molecule has 24 heavy (non-hydrogen) atoms. The van der Waals surface area contributed by atoms with Gasteiger partial charge in [0.25, 0.3) is 0 Å². The number of nitrogens with zero attached hydrogens (tertiary/aromatic N) is 4. The molecule has 138 valence electrons. The molecule has 7 heteroatoms. The van der Waals surface area contributed by atoms with Crippen LogP contribution in [0.1, 0.15) is 20.3 Å². The summed E-state index contributed by atoms with van der Waals surface area (Å²) in [6.45, 7) is 9.55. The molecule has 0 aliphatic carbocycles. The van der Waals surface area contributed by atoms with Gasteiger partial charge in [0.1, 0.15) is 6.54 Å². The molecule has 0 aromatic carbocycles. The van der Waals surface area contributed by atoms with E-state index >= 15 is 0 Å². The Balaban J connectivity index is 0.00000288. The number of rotatable bonds is 5. The van der Waals surface area contributed by atoms with Crippen molar-refractivity contribution < 1.29 is 4.79 Å². The monoisotopic (exact) mass is 449 g/mol. The number of hydrogen-bond acceptors (Lipinski definition) is 3. The minimum absolute atomic E-state index is 0. The van der Waals surface area contributed by atoms with Gasteiger partial charge in [0.15, 0.2) is 5.96 Å². The number of hydrogen-bond donors (Lipinski definition) is 1. The molecule has 2 rings (SSSR count). The summed E-state index contributed by atoms with van der Waals surface area (Å²) in [5.74, 6) is 1.46. The van der Waals surface area contributed by atoms with Crippen LogP contribution in [0.4, 0.5) is 0 Å². The molecule has 1 saturated heterocycles. The molecule has 0 bridgehead atoms. The second-order valence-electron chi connectivity index (χ2n) is 7.02. The third-order valence-electron chi connectivity index (χ3n) is 4.36. The summed E-state index contributed by atoms with van der Waals surface area (Å²) in [5, 5.41) is 3.44. The van der Waals surface area contributed by atoms with Gasteiger partial charge in [-0.1, -0.05) is 26.0 Å². The van der Waals surface area contributed by atoms with E-state index in [4.69, 9.17) is 0 Å². The van der Waals surface area contributed by atoms with Gasteiger partial charge in [0.2, 0.25) is 5.91 Å². The van der Waals surface area contributed by atoms with Crippen molar-refractivity contribution in [3.8, 4) is 0 Å². The van der Waals surface area contributed by atoms with E-state index in [1.807, 2.05) is 0 Å². The summed E-state index contributed by atoms with van der Waals surface area (Å²) in [5.41, 5.74) is 0. The molecule has 0 radical (unpaired) electrons. The normalized spacial score (nSPS) is 21.3. The van der Waals surface area contributed by atoms with Crippen LogP contribution in [0, 0.1) is 5.92 Å². The minimum Gasteiger partial charge on any atom is -0.356 e. The lowest BCUT2D eigenvalue weighted by atomic mass is 10.2. The zero-order valence-corrected chi connectivity index (χ0v) is 17.7. The van der Waals surface area contributed by atoms with E-state index in [0.717, 1.165) is 45.1 Å². The van der Waals surface area contributed by atoms with E-state index in [0.29, 0.717) is 12.0 Å². The third kappa shape index (κ3) is 6.23. The van der Waals surface area contributed by atoms with Crippen LogP contribution >= 0.6 is 24.0 Å². The first-order valence-electron chi connectivity index (χ1n) is 8.60. The Labute approximate surface area is 163 Å². The van der Waals surface area contributed by atoms with Gasteiger partial charge >= 0.3 is 0 Å². The lowest BCUT2D eigenvalue weighted by molar-refractivity contribution is -0.127. The van der Waals surface area contributed by atoms with Crippen LogP contribution in [0.15, 0.2) is 17.1 Å². The number of aliphatic imine (C=N–C) groups is 1. The van der Waals surface area contributed by atoms with Crippen LogP contribution in [-0.4, -0.2) is 86.0 Å². The molecule has 6 nitrogen and oxygen atoms in total. The maximum atomic E-state index is 11.8. The molecule has 0 aromatic heterocycles. The summed E-state index contributed by atoms with van der Waals surface area (Å²) >= 11 is 0. The summed E-state index contributed by atoms with van der Waals surface area (Å²) in [7, 11) is 3.54. The van der Waals surface area contributed by atoms with Crippen LogP contribution in [0.5, 0.6) is 0 Å². The SMILES string of the molecule is CC(C)CNC(=NCC(=O)N(C)C)N1CCC(N2CC=CC2)C1.I. The van der Waals surface area contributed by atoms with Gasteiger partial charge in [-0.3, -0.25) is 9.69 Å². The Morgan fingerprint density at radius 2 is 2.00 bits per heavy atom. The molecule has 0 spiro atoms. The van der Waals surface area contributed by atoms with Crippen molar-refractivity contribution in [3.63, 3.8) is 0 Å². The van der Waals surface area contributed by atoms with E-state index in [-0.39, 0.29) is 36.4 Å². The number of likely N-dealkylation sites (N-methyl/N-ethyl adjacent to an activating group) is 1. The summed E-state index contributed by atoms with van der Waals surface area (Å²) < 4.78 is 0. The zero-order valence-electron chi connectivity index (χ0n) is 15.4.